The third-order valence-corrected chi connectivity index (χ3v) is 7.72. The molecule has 0 spiro atoms. The second kappa shape index (κ2) is 10.5. The van der Waals surface area contributed by atoms with Crippen LogP contribution in [-0.2, 0) is 16.6 Å². The van der Waals surface area contributed by atoms with Crippen molar-refractivity contribution in [2.75, 3.05) is 18.3 Å². The van der Waals surface area contributed by atoms with E-state index in [4.69, 9.17) is 8.94 Å². The monoisotopic (exact) mass is 522 g/mol. The first-order valence-corrected chi connectivity index (χ1v) is 13.7. The van der Waals surface area contributed by atoms with Crippen molar-refractivity contribution in [2.24, 2.45) is 5.41 Å². The largest absolute Gasteiger partial charge is 0.445 e. The SMILES string of the molecule is Cc1onc(NS(=O)(=O)c2ccccc2-c2ccc(-c3ncco3)cc2CN(C)CCC(C)(C)C)c1C. The van der Waals surface area contributed by atoms with Gasteiger partial charge >= 0.3 is 0 Å². The van der Waals surface area contributed by atoms with Crippen LogP contribution in [0.5, 0.6) is 0 Å². The zero-order valence-corrected chi connectivity index (χ0v) is 23.0. The Labute approximate surface area is 218 Å². The number of benzene rings is 2. The summed E-state index contributed by atoms with van der Waals surface area (Å²) >= 11 is 0. The zero-order chi connectivity index (χ0) is 26.8. The van der Waals surface area contributed by atoms with E-state index in [1.807, 2.05) is 30.3 Å². The van der Waals surface area contributed by atoms with E-state index >= 15 is 0 Å². The Balaban J connectivity index is 1.76. The molecule has 0 aliphatic heterocycles. The zero-order valence-electron chi connectivity index (χ0n) is 22.2. The first kappa shape index (κ1) is 26.6. The highest BCUT2D eigenvalue weighted by Gasteiger charge is 2.24. The summed E-state index contributed by atoms with van der Waals surface area (Å²) in [6, 6.07) is 12.9. The molecule has 0 saturated carbocycles. The van der Waals surface area contributed by atoms with Crippen LogP contribution in [0.2, 0.25) is 0 Å². The van der Waals surface area contributed by atoms with Crippen molar-refractivity contribution in [2.45, 2.75) is 52.5 Å². The quantitative estimate of drug-likeness (QED) is 0.276. The number of aromatic nitrogens is 2. The minimum atomic E-state index is -3.95. The second-order valence-electron chi connectivity index (χ2n) is 10.6. The fraction of sp³-hybridized carbons (Fsp3) is 0.357. The Bertz CT molecular complexity index is 1470. The average molecular weight is 523 g/mol. The number of nitrogens with zero attached hydrogens (tertiary/aromatic N) is 3. The van der Waals surface area contributed by atoms with Gasteiger partial charge in [0, 0.05) is 23.2 Å². The summed E-state index contributed by atoms with van der Waals surface area (Å²) < 4.78 is 40.3. The van der Waals surface area contributed by atoms with Crippen LogP contribution in [0, 0.1) is 19.3 Å². The summed E-state index contributed by atoms with van der Waals surface area (Å²) in [6.45, 7) is 11.7. The summed E-state index contributed by atoms with van der Waals surface area (Å²) in [5, 5.41) is 3.88. The summed E-state index contributed by atoms with van der Waals surface area (Å²) in [6.07, 6.45) is 4.18. The smallest absolute Gasteiger partial charge is 0.263 e. The van der Waals surface area contributed by atoms with Crippen LogP contribution in [0.15, 0.2) is 68.8 Å². The molecule has 0 radical (unpaired) electrons. The van der Waals surface area contributed by atoms with E-state index in [2.05, 4.69) is 47.6 Å². The molecule has 4 rings (SSSR count). The number of anilines is 1. The van der Waals surface area contributed by atoms with Crippen molar-refractivity contribution in [3.8, 4) is 22.6 Å². The number of nitrogens with one attached hydrogen (secondary N) is 1. The Morgan fingerprint density at radius 2 is 1.81 bits per heavy atom. The molecular weight excluding hydrogens is 488 g/mol. The molecule has 2 heterocycles. The lowest BCUT2D eigenvalue weighted by molar-refractivity contribution is 0.259. The number of rotatable bonds is 9. The van der Waals surface area contributed by atoms with E-state index in [0.717, 1.165) is 29.7 Å². The lowest BCUT2D eigenvalue weighted by Crippen LogP contribution is -2.23. The van der Waals surface area contributed by atoms with Crippen LogP contribution in [0.1, 0.15) is 44.1 Å². The van der Waals surface area contributed by atoms with Gasteiger partial charge in [-0.05, 0) is 68.6 Å². The Morgan fingerprint density at radius 3 is 2.46 bits per heavy atom. The molecular formula is C28H34N4O4S. The van der Waals surface area contributed by atoms with Crippen molar-refractivity contribution in [1.29, 1.82) is 0 Å². The van der Waals surface area contributed by atoms with Gasteiger partial charge in [-0.3, -0.25) is 4.72 Å². The van der Waals surface area contributed by atoms with Crippen molar-refractivity contribution in [1.82, 2.24) is 15.0 Å². The van der Waals surface area contributed by atoms with Crippen LogP contribution < -0.4 is 4.72 Å². The highest BCUT2D eigenvalue weighted by Crippen LogP contribution is 2.34. The van der Waals surface area contributed by atoms with E-state index < -0.39 is 10.0 Å². The number of sulfonamides is 1. The van der Waals surface area contributed by atoms with Gasteiger partial charge in [-0.15, -0.1) is 0 Å². The number of oxazole rings is 1. The highest BCUT2D eigenvalue weighted by molar-refractivity contribution is 7.92. The van der Waals surface area contributed by atoms with Gasteiger partial charge in [-0.25, -0.2) is 13.4 Å². The van der Waals surface area contributed by atoms with Gasteiger partial charge in [0.25, 0.3) is 10.0 Å². The van der Waals surface area contributed by atoms with Crippen molar-refractivity contribution < 1.29 is 17.4 Å². The molecule has 0 saturated heterocycles. The molecule has 0 atom stereocenters. The molecule has 0 fully saturated rings. The molecule has 9 heteroatoms. The maximum Gasteiger partial charge on any atom is 0.263 e. The van der Waals surface area contributed by atoms with Gasteiger partial charge in [-0.1, -0.05) is 50.2 Å². The van der Waals surface area contributed by atoms with E-state index in [1.54, 1.807) is 38.4 Å². The first-order chi connectivity index (χ1) is 17.4. The van der Waals surface area contributed by atoms with E-state index in [1.165, 1.54) is 0 Å². The van der Waals surface area contributed by atoms with E-state index in [-0.39, 0.29) is 16.1 Å². The van der Waals surface area contributed by atoms with Crippen LogP contribution in [0.3, 0.4) is 0 Å². The molecule has 196 valence electrons. The molecule has 0 unspecified atom stereocenters. The predicted octanol–water partition coefficient (Wildman–Crippen LogP) is 6.28. The average Bonchev–Trinajstić information content (AvgIpc) is 3.49. The fourth-order valence-electron chi connectivity index (χ4n) is 4.00. The van der Waals surface area contributed by atoms with Gasteiger partial charge in [-0.2, -0.15) is 0 Å². The number of hydrogen-bond acceptors (Lipinski definition) is 7. The summed E-state index contributed by atoms with van der Waals surface area (Å²) in [4.78, 5) is 6.70. The molecule has 37 heavy (non-hydrogen) atoms. The number of hydrogen-bond donors (Lipinski definition) is 1. The van der Waals surface area contributed by atoms with Gasteiger partial charge < -0.3 is 13.8 Å². The van der Waals surface area contributed by atoms with E-state index in [9.17, 15) is 8.42 Å². The molecule has 4 aromatic rings. The molecule has 2 aromatic carbocycles. The van der Waals surface area contributed by atoms with Crippen molar-refractivity contribution >= 4 is 15.8 Å². The van der Waals surface area contributed by atoms with Crippen LogP contribution in [0.4, 0.5) is 5.82 Å². The van der Waals surface area contributed by atoms with Crippen molar-refractivity contribution in [3.63, 3.8) is 0 Å². The Hall–Kier alpha value is -3.43. The predicted molar refractivity (Wildman–Crippen MR) is 145 cm³/mol. The van der Waals surface area contributed by atoms with Crippen molar-refractivity contribution in [3.05, 3.63) is 71.8 Å². The van der Waals surface area contributed by atoms with Crippen LogP contribution >= 0.6 is 0 Å². The molecule has 0 aliphatic rings. The molecule has 8 nitrogen and oxygen atoms in total. The van der Waals surface area contributed by atoms with Gasteiger partial charge in [0.05, 0.1) is 11.1 Å². The van der Waals surface area contributed by atoms with Crippen LogP contribution in [0.25, 0.3) is 22.6 Å². The summed E-state index contributed by atoms with van der Waals surface area (Å²) in [5.41, 5.74) is 4.10. The van der Waals surface area contributed by atoms with Gasteiger partial charge in [0.15, 0.2) is 5.82 Å². The maximum atomic E-state index is 13.5. The third-order valence-electron chi connectivity index (χ3n) is 6.32. The van der Waals surface area contributed by atoms with Gasteiger partial charge in [0.1, 0.15) is 12.0 Å². The number of aryl methyl sites for hydroxylation is 1. The minimum Gasteiger partial charge on any atom is -0.445 e. The molecule has 2 aromatic heterocycles. The van der Waals surface area contributed by atoms with E-state index in [0.29, 0.717) is 29.3 Å². The van der Waals surface area contributed by atoms with Crippen LogP contribution in [-0.4, -0.2) is 37.1 Å². The fourth-order valence-corrected chi connectivity index (χ4v) is 5.28. The highest BCUT2D eigenvalue weighted by atomic mass is 32.2. The Kier molecular flexibility index (Phi) is 7.57. The molecule has 1 N–H and O–H groups in total. The Morgan fingerprint density at radius 1 is 1.05 bits per heavy atom. The lowest BCUT2D eigenvalue weighted by Gasteiger charge is -2.25. The summed E-state index contributed by atoms with van der Waals surface area (Å²) in [7, 11) is -1.87. The normalized spacial score (nSPS) is 12.3. The first-order valence-electron chi connectivity index (χ1n) is 12.2. The third kappa shape index (κ3) is 6.29. The minimum absolute atomic E-state index is 0.164. The molecule has 0 bridgehead atoms. The second-order valence-corrected chi connectivity index (χ2v) is 12.2. The topological polar surface area (TPSA) is 101 Å². The molecule has 0 amide bonds. The standard InChI is InChI=1S/C28H34N4O4S/c1-19-20(2)36-30-26(19)31-37(33,34)25-10-8-7-9-24(25)23-12-11-21(27-29-14-16-35-27)17-22(23)18-32(6)15-13-28(3,4)5/h7-12,14,16-17H,13,15,18H2,1-6H3,(H,30,31). The maximum absolute atomic E-state index is 13.5. The lowest BCUT2D eigenvalue weighted by atomic mass is 9.92. The van der Waals surface area contributed by atoms with Gasteiger partial charge in [0.2, 0.25) is 5.89 Å². The summed E-state index contributed by atoms with van der Waals surface area (Å²) in [5.74, 6) is 1.27. The molecule has 0 aliphatic carbocycles.